The fourth-order valence-electron chi connectivity index (χ4n) is 5.39. The highest BCUT2D eigenvalue weighted by Gasteiger charge is 2.24. The molecule has 0 aliphatic carbocycles. The number of rotatable bonds is 8. The quantitative estimate of drug-likeness (QED) is 0.435. The molecule has 2 saturated heterocycles. The van der Waals surface area contributed by atoms with Crippen LogP contribution in [0.4, 0.5) is 0 Å². The SMILES string of the molecule is C=C(c1ccc(C(=O)NC2CCN(Cc3ccc(C#N)cc3)CC2)nc1)N1CCC(Oc2cccc(C#N)c2)CC1. The summed E-state index contributed by atoms with van der Waals surface area (Å²) in [4.78, 5) is 21.9. The molecule has 8 heteroatoms. The normalized spacial score (nSPS) is 16.4. The summed E-state index contributed by atoms with van der Waals surface area (Å²) in [6.07, 6.45) is 5.32. The maximum absolute atomic E-state index is 12.9. The Kier molecular flexibility index (Phi) is 8.93. The summed E-state index contributed by atoms with van der Waals surface area (Å²) in [6, 6.07) is 23.1. The number of amides is 1. The minimum atomic E-state index is -0.147. The van der Waals surface area contributed by atoms with E-state index in [2.05, 4.69) is 38.8 Å². The minimum Gasteiger partial charge on any atom is -0.490 e. The Bertz CT molecular complexity index is 1440. The van der Waals surface area contributed by atoms with E-state index in [9.17, 15) is 4.79 Å². The van der Waals surface area contributed by atoms with Gasteiger partial charge in [-0.05, 0) is 60.9 Å². The van der Waals surface area contributed by atoms with Gasteiger partial charge in [-0.25, -0.2) is 0 Å². The number of nitriles is 2. The summed E-state index contributed by atoms with van der Waals surface area (Å²) in [6.45, 7) is 8.57. The number of aromatic nitrogens is 1. The molecule has 41 heavy (non-hydrogen) atoms. The molecule has 2 aliphatic heterocycles. The molecule has 1 aromatic heterocycles. The number of piperidine rings is 2. The number of carbonyl (C=O) groups excluding carboxylic acids is 1. The molecule has 0 unspecified atom stereocenters. The Morgan fingerprint density at radius 3 is 2.34 bits per heavy atom. The standard InChI is InChI=1S/C33H34N6O2/c1-24(39-17-13-30(14-18-39)41-31-4-2-3-27(19-31)21-35)28-9-10-32(36-22-28)33(40)37-29-11-15-38(16-12-29)23-26-7-5-25(20-34)6-8-26/h2-10,19,22,29-30H,1,11-18,23H2,(H,37,40). The van der Waals surface area contributed by atoms with E-state index in [1.807, 2.05) is 42.5 Å². The van der Waals surface area contributed by atoms with E-state index < -0.39 is 0 Å². The first kappa shape index (κ1) is 27.9. The molecule has 3 aromatic rings. The molecule has 0 atom stereocenters. The Balaban J connectivity index is 1.05. The smallest absolute Gasteiger partial charge is 0.270 e. The van der Waals surface area contributed by atoms with Gasteiger partial charge in [0.25, 0.3) is 5.91 Å². The first-order valence-electron chi connectivity index (χ1n) is 14.1. The maximum atomic E-state index is 12.9. The van der Waals surface area contributed by atoms with Gasteiger partial charge >= 0.3 is 0 Å². The number of nitrogens with zero attached hydrogens (tertiary/aromatic N) is 5. The Labute approximate surface area is 241 Å². The van der Waals surface area contributed by atoms with Crippen molar-refractivity contribution < 1.29 is 9.53 Å². The van der Waals surface area contributed by atoms with Crippen molar-refractivity contribution in [2.24, 2.45) is 0 Å². The molecule has 2 aliphatic rings. The molecule has 1 N–H and O–H groups in total. The van der Waals surface area contributed by atoms with Crippen molar-refractivity contribution in [3.63, 3.8) is 0 Å². The Morgan fingerprint density at radius 1 is 0.951 bits per heavy atom. The van der Waals surface area contributed by atoms with E-state index in [1.54, 1.807) is 24.4 Å². The predicted molar refractivity (Wildman–Crippen MR) is 157 cm³/mol. The van der Waals surface area contributed by atoms with E-state index in [0.29, 0.717) is 16.8 Å². The number of hydrogen-bond acceptors (Lipinski definition) is 7. The lowest BCUT2D eigenvalue weighted by molar-refractivity contribution is 0.0904. The van der Waals surface area contributed by atoms with Crippen LogP contribution in [0.2, 0.25) is 0 Å². The van der Waals surface area contributed by atoms with Crippen LogP contribution in [0.3, 0.4) is 0 Å². The zero-order valence-corrected chi connectivity index (χ0v) is 23.1. The third-order valence-electron chi connectivity index (χ3n) is 7.83. The number of ether oxygens (including phenoxy) is 1. The van der Waals surface area contributed by atoms with Gasteiger partial charge in [0.1, 0.15) is 17.5 Å². The van der Waals surface area contributed by atoms with Crippen LogP contribution >= 0.6 is 0 Å². The Morgan fingerprint density at radius 2 is 1.68 bits per heavy atom. The molecule has 0 spiro atoms. The number of likely N-dealkylation sites (tertiary alicyclic amines) is 2. The Hall–Kier alpha value is -4.66. The molecule has 2 fully saturated rings. The van der Waals surface area contributed by atoms with Crippen LogP contribution in [0.25, 0.3) is 5.70 Å². The molecule has 0 bridgehead atoms. The van der Waals surface area contributed by atoms with Crippen molar-refractivity contribution >= 4 is 11.6 Å². The second kappa shape index (κ2) is 13.1. The third kappa shape index (κ3) is 7.30. The largest absolute Gasteiger partial charge is 0.490 e. The molecular formula is C33H34N6O2. The molecule has 8 nitrogen and oxygen atoms in total. The van der Waals surface area contributed by atoms with Gasteiger partial charge in [0.15, 0.2) is 0 Å². The van der Waals surface area contributed by atoms with Gasteiger partial charge < -0.3 is 15.0 Å². The van der Waals surface area contributed by atoms with Crippen LogP contribution in [-0.4, -0.2) is 59.0 Å². The first-order valence-corrected chi connectivity index (χ1v) is 14.1. The molecule has 2 aromatic carbocycles. The van der Waals surface area contributed by atoms with Gasteiger partial charge in [0, 0.05) is 69.1 Å². The topological polar surface area (TPSA) is 105 Å². The number of benzene rings is 2. The number of pyridine rings is 1. The van der Waals surface area contributed by atoms with Gasteiger partial charge in [0.05, 0.1) is 23.3 Å². The van der Waals surface area contributed by atoms with Crippen LogP contribution in [0, 0.1) is 22.7 Å². The van der Waals surface area contributed by atoms with Crippen LogP contribution in [0.15, 0.2) is 73.4 Å². The third-order valence-corrected chi connectivity index (χ3v) is 7.83. The molecule has 1 amide bonds. The second-order valence-electron chi connectivity index (χ2n) is 10.7. The van der Waals surface area contributed by atoms with Gasteiger partial charge in [-0.2, -0.15) is 10.5 Å². The minimum absolute atomic E-state index is 0.0972. The van der Waals surface area contributed by atoms with Crippen molar-refractivity contribution in [2.75, 3.05) is 26.2 Å². The van der Waals surface area contributed by atoms with Crippen LogP contribution < -0.4 is 10.1 Å². The lowest BCUT2D eigenvalue weighted by atomic mass is 10.0. The summed E-state index contributed by atoms with van der Waals surface area (Å²) in [5.41, 5.74) is 4.67. The maximum Gasteiger partial charge on any atom is 0.270 e. The predicted octanol–water partition coefficient (Wildman–Crippen LogP) is 4.73. The highest BCUT2D eigenvalue weighted by Crippen LogP contribution is 2.25. The van der Waals surface area contributed by atoms with Crippen LogP contribution in [0.5, 0.6) is 5.75 Å². The molecular weight excluding hydrogens is 512 g/mol. The van der Waals surface area contributed by atoms with E-state index in [-0.39, 0.29) is 18.1 Å². The van der Waals surface area contributed by atoms with Crippen LogP contribution in [-0.2, 0) is 6.54 Å². The highest BCUT2D eigenvalue weighted by molar-refractivity contribution is 5.92. The van der Waals surface area contributed by atoms with E-state index in [0.717, 1.165) is 75.4 Å². The lowest BCUT2D eigenvalue weighted by Crippen LogP contribution is -2.44. The first-order chi connectivity index (χ1) is 20.0. The van der Waals surface area contributed by atoms with Crippen molar-refractivity contribution in [2.45, 2.75) is 44.4 Å². The van der Waals surface area contributed by atoms with Crippen molar-refractivity contribution in [3.05, 3.63) is 101 Å². The van der Waals surface area contributed by atoms with E-state index in [1.165, 1.54) is 5.56 Å². The lowest BCUT2D eigenvalue weighted by Gasteiger charge is -2.35. The molecule has 0 saturated carbocycles. The summed E-state index contributed by atoms with van der Waals surface area (Å²) in [5, 5.41) is 21.2. The number of hydrogen-bond donors (Lipinski definition) is 1. The zero-order valence-electron chi connectivity index (χ0n) is 23.1. The van der Waals surface area contributed by atoms with Gasteiger partial charge in [-0.3, -0.25) is 14.7 Å². The van der Waals surface area contributed by atoms with Crippen LogP contribution in [0.1, 0.15) is 58.4 Å². The number of carbonyl (C=O) groups is 1. The van der Waals surface area contributed by atoms with Gasteiger partial charge in [-0.15, -0.1) is 0 Å². The molecule has 5 rings (SSSR count). The average Bonchev–Trinajstić information content (AvgIpc) is 3.02. The van der Waals surface area contributed by atoms with E-state index >= 15 is 0 Å². The van der Waals surface area contributed by atoms with Crippen molar-refractivity contribution in [1.82, 2.24) is 20.1 Å². The van der Waals surface area contributed by atoms with Crippen molar-refractivity contribution in [3.8, 4) is 17.9 Å². The second-order valence-corrected chi connectivity index (χ2v) is 10.7. The summed E-state index contributed by atoms with van der Waals surface area (Å²) in [5.74, 6) is 0.583. The molecule has 208 valence electrons. The van der Waals surface area contributed by atoms with Crippen molar-refractivity contribution in [1.29, 1.82) is 10.5 Å². The highest BCUT2D eigenvalue weighted by atomic mass is 16.5. The summed E-state index contributed by atoms with van der Waals surface area (Å²) in [7, 11) is 0. The monoisotopic (exact) mass is 546 g/mol. The average molecular weight is 547 g/mol. The molecule has 3 heterocycles. The summed E-state index contributed by atoms with van der Waals surface area (Å²) < 4.78 is 6.10. The number of nitrogens with one attached hydrogen (secondary N) is 1. The fourth-order valence-corrected chi connectivity index (χ4v) is 5.39. The molecule has 0 radical (unpaired) electrons. The van der Waals surface area contributed by atoms with Gasteiger partial charge in [-0.1, -0.05) is 24.8 Å². The fraction of sp³-hybridized carbons (Fsp3) is 0.333. The van der Waals surface area contributed by atoms with E-state index in [4.69, 9.17) is 15.3 Å². The zero-order chi connectivity index (χ0) is 28.6. The van der Waals surface area contributed by atoms with Gasteiger partial charge in [0.2, 0.25) is 0 Å². The summed E-state index contributed by atoms with van der Waals surface area (Å²) >= 11 is 0.